The summed E-state index contributed by atoms with van der Waals surface area (Å²) in [6, 6.07) is 4.42. The SMILES string of the molecule is Cc1cc(=O)c(O)c(C(CC(N)=O)c2ccco2)o1. The summed E-state index contributed by atoms with van der Waals surface area (Å²) < 4.78 is 10.6. The van der Waals surface area contributed by atoms with Gasteiger partial charge in [-0.2, -0.15) is 0 Å². The second-order valence-corrected chi connectivity index (χ2v) is 4.17. The number of aromatic hydroxyl groups is 1. The van der Waals surface area contributed by atoms with Crippen LogP contribution in [0.25, 0.3) is 0 Å². The van der Waals surface area contributed by atoms with Gasteiger partial charge in [-0.1, -0.05) is 0 Å². The molecule has 6 nitrogen and oxygen atoms in total. The van der Waals surface area contributed by atoms with Gasteiger partial charge in [-0.25, -0.2) is 0 Å². The van der Waals surface area contributed by atoms with E-state index in [4.69, 9.17) is 14.6 Å². The predicted molar refractivity (Wildman–Crippen MR) is 65.7 cm³/mol. The lowest BCUT2D eigenvalue weighted by Crippen LogP contribution is -2.17. The maximum atomic E-state index is 11.6. The van der Waals surface area contributed by atoms with Crippen LogP contribution in [0.5, 0.6) is 5.75 Å². The first kappa shape index (κ1) is 12.9. The van der Waals surface area contributed by atoms with Gasteiger partial charge in [0.1, 0.15) is 11.5 Å². The Hall–Kier alpha value is -2.50. The van der Waals surface area contributed by atoms with Crippen molar-refractivity contribution in [1.29, 1.82) is 0 Å². The number of carbonyl (C=O) groups is 1. The molecule has 1 atom stereocenters. The molecule has 3 N–H and O–H groups in total. The number of nitrogens with two attached hydrogens (primary N) is 1. The van der Waals surface area contributed by atoms with Gasteiger partial charge < -0.3 is 19.7 Å². The molecule has 6 heteroatoms. The molecule has 0 saturated heterocycles. The first-order chi connectivity index (χ1) is 8.99. The molecule has 0 aliphatic carbocycles. The Morgan fingerprint density at radius 3 is 2.84 bits per heavy atom. The number of carbonyl (C=O) groups excluding carboxylic acids is 1. The zero-order valence-electron chi connectivity index (χ0n) is 10.3. The Labute approximate surface area is 108 Å². The minimum atomic E-state index is -0.722. The molecule has 1 unspecified atom stereocenters. The van der Waals surface area contributed by atoms with Crippen LogP contribution in [0.2, 0.25) is 0 Å². The topological polar surface area (TPSA) is 107 Å². The Morgan fingerprint density at radius 2 is 2.26 bits per heavy atom. The lowest BCUT2D eigenvalue weighted by atomic mass is 9.97. The van der Waals surface area contributed by atoms with Crippen molar-refractivity contribution in [3.63, 3.8) is 0 Å². The number of hydrogen-bond donors (Lipinski definition) is 2. The maximum Gasteiger partial charge on any atom is 0.227 e. The van der Waals surface area contributed by atoms with Crippen LogP contribution in [0.4, 0.5) is 0 Å². The van der Waals surface area contributed by atoms with Gasteiger partial charge in [0.25, 0.3) is 0 Å². The highest BCUT2D eigenvalue weighted by Crippen LogP contribution is 2.32. The number of aryl methyl sites for hydroxylation is 1. The highest BCUT2D eigenvalue weighted by molar-refractivity contribution is 5.75. The van der Waals surface area contributed by atoms with Crippen molar-refractivity contribution >= 4 is 5.91 Å². The van der Waals surface area contributed by atoms with Crippen LogP contribution in [0.15, 0.2) is 38.1 Å². The van der Waals surface area contributed by atoms with E-state index in [1.54, 1.807) is 19.1 Å². The van der Waals surface area contributed by atoms with Crippen LogP contribution in [0, 0.1) is 6.92 Å². The summed E-state index contributed by atoms with van der Waals surface area (Å²) in [7, 11) is 0. The summed E-state index contributed by atoms with van der Waals surface area (Å²) in [5, 5.41) is 9.80. The number of primary amides is 1. The standard InChI is InChI=1S/C13H13NO5/c1-7-5-9(15)12(17)13(19-7)8(6-11(14)16)10-3-2-4-18-10/h2-5,8,17H,6H2,1H3,(H2,14,16). The van der Waals surface area contributed by atoms with Gasteiger partial charge in [-0.3, -0.25) is 9.59 Å². The van der Waals surface area contributed by atoms with Crippen LogP contribution < -0.4 is 11.2 Å². The third-order valence-electron chi connectivity index (χ3n) is 2.68. The van der Waals surface area contributed by atoms with E-state index < -0.39 is 23.0 Å². The average Bonchev–Trinajstić information content (AvgIpc) is 2.84. The molecule has 2 rings (SSSR count). The van der Waals surface area contributed by atoms with Gasteiger partial charge in [0.15, 0.2) is 5.76 Å². The smallest absolute Gasteiger partial charge is 0.227 e. The summed E-state index contributed by atoms with van der Waals surface area (Å²) in [5.41, 5.74) is 4.61. The van der Waals surface area contributed by atoms with Crippen LogP contribution in [-0.4, -0.2) is 11.0 Å². The zero-order chi connectivity index (χ0) is 14.0. The Morgan fingerprint density at radius 1 is 1.53 bits per heavy atom. The molecule has 100 valence electrons. The first-order valence-electron chi connectivity index (χ1n) is 5.64. The van der Waals surface area contributed by atoms with Crippen molar-refractivity contribution in [2.24, 2.45) is 5.73 Å². The second-order valence-electron chi connectivity index (χ2n) is 4.17. The number of hydrogen-bond acceptors (Lipinski definition) is 5. The minimum Gasteiger partial charge on any atom is -0.502 e. The quantitative estimate of drug-likeness (QED) is 0.863. The van der Waals surface area contributed by atoms with Gasteiger partial charge >= 0.3 is 0 Å². The van der Waals surface area contributed by atoms with E-state index in [9.17, 15) is 14.7 Å². The van der Waals surface area contributed by atoms with Gasteiger partial charge in [0, 0.05) is 12.5 Å². The summed E-state index contributed by atoms with van der Waals surface area (Å²) in [6.07, 6.45) is 1.29. The normalized spacial score (nSPS) is 12.3. The molecule has 2 aromatic rings. The lowest BCUT2D eigenvalue weighted by Gasteiger charge is -2.13. The molecule has 2 aromatic heterocycles. The van der Waals surface area contributed by atoms with Gasteiger partial charge in [-0.15, -0.1) is 0 Å². The monoisotopic (exact) mass is 263 g/mol. The van der Waals surface area contributed by atoms with Crippen molar-refractivity contribution in [2.45, 2.75) is 19.3 Å². The molecule has 0 aliphatic rings. The predicted octanol–water partition coefficient (Wildman–Crippen LogP) is 1.25. The molecule has 19 heavy (non-hydrogen) atoms. The summed E-state index contributed by atoms with van der Waals surface area (Å²) in [4.78, 5) is 22.7. The fourth-order valence-electron chi connectivity index (χ4n) is 1.88. The molecule has 0 aromatic carbocycles. The Balaban J connectivity index is 2.56. The summed E-state index contributed by atoms with van der Waals surface area (Å²) in [6.45, 7) is 1.58. The molecule has 2 heterocycles. The van der Waals surface area contributed by atoms with Gasteiger partial charge in [0.2, 0.25) is 17.1 Å². The number of rotatable bonds is 4. The van der Waals surface area contributed by atoms with E-state index >= 15 is 0 Å². The fourth-order valence-corrected chi connectivity index (χ4v) is 1.88. The minimum absolute atomic E-state index is 0.0150. The molecular weight excluding hydrogens is 250 g/mol. The average molecular weight is 263 g/mol. The summed E-state index contributed by atoms with van der Waals surface area (Å²) >= 11 is 0. The second kappa shape index (κ2) is 5.01. The highest BCUT2D eigenvalue weighted by atomic mass is 16.4. The van der Waals surface area contributed by atoms with Crippen molar-refractivity contribution in [3.05, 3.63) is 52.0 Å². The Bertz CT molecular complexity index is 642. The third-order valence-corrected chi connectivity index (χ3v) is 2.68. The lowest BCUT2D eigenvalue weighted by molar-refractivity contribution is -0.118. The van der Waals surface area contributed by atoms with E-state index in [-0.39, 0.29) is 12.2 Å². The first-order valence-corrected chi connectivity index (χ1v) is 5.64. The molecule has 0 fully saturated rings. The third kappa shape index (κ3) is 2.67. The maximum absolute atomic E-state index is 11.6. The van der Waals surface area contributed by atoms with Crippen molar-refractivity contribution in [1.82, 2.24) is 0 Å². The van der Waals surface area contributed by atoms with Crippen molar-refractivity contribution in [3.8, 4) is 5.75 Å². The molecule has 1 amide bonds. The van der Waals surface area contributed by atoms with Crippen molar-refractivity contribution < 1.29 is 18.7 Å². The van der Waals surface area contributed by atoms with Crippen LogP contribution >= 0.6 is 0 Å². The highest BCUT2D eigenvalue weighted by Gasteiger charge is 2.26. The van der Waals surface area contributed by atoms with Crippen LogP contribution in [0.3, 0.4) is 0 Å². The van der Waals surface area contributed by atoms with E-state index in [0.717, 1.165) is 0 Å². The van der Waals surface area contributed by atoms with Crippen molar-refractivity contribution in [2.75, 3.05) is 0 Å². The number of furan rings is 1. The molecular formula is C13H13NO5. The molecule has 0 bridgehead atoms. The van der Waals surface area contributed by atoms with Gasteiger partial charge in [0.05, 0.1) is 12.2 Å². The largest absolute Gasteiger partial charge is 0.502 e. The van der Waals surface area contributed by atoms with Gasteiger partial charge in [-0.05, 0) is 19.1 Å². The van der Waals surface area contributed by atoms with E-state index in [0.29, 0.717) is 11.5 Å². The van der Waals surface area contributed by atoms with E-state index in [2.05, 4.69) is 0 Å². The van der Waals surface area contributed by atoms with Crippen LogP contribution in [0.1, 0.15) is 29.6 Å². The molecule has 0 radical (unpaired) electrons. The van der Waals surface area contributed by atoms with E-state index in [1.807, 2.05) is 0 Å². The zero-order valence-corrected chi connectivity index (χ0v) is 10.3. The Kier molecular flexibility index (Phi) is 3.41. The fraction of sp³-hybridized carbons (Fsp3) is 0.231. The summed E-state index contributed by atoms with van der Waals surface area (Å²) in [5.74, 6) is -1.14. The van der Waals surface area contributed by atoms with E-state index in [1.165, 1.54) is 12.3 Å². The molecule has 0 aliphatic heterocycles. The molecule has 0 saturated carbocycles. The van der Waals surface area contributed by atoms with Crippen LogP contribution in [-0.2, 0) is 4.79 Å². The number of amides is 1. The molecule has 0 spiro atoms.